The molecule has 0 spiro atoms. The predicted molar refractivity (Wildman–Crippen MR) is 122 cm³/mol. The lowest BCUT2D eigenvalue weighted by Crippen LogP contribution is -2.42. The first-order valence-corrected chi connectivity index (χ1v) is 11.8. The summed E-state index contributed by atoms with van der Waals surface area (Å²) in [5, 5.41) is 3.13. The summed E-state index contributed by atoms with van der Waals surface area (Å²) in [5.41, 5.74) is 1.86. The summed E-state index contributed by atoms with van der Waals surface area (Å²) in [7, 11) is 0. The van der Waals surface area contributed by atoms with Crippen molar-refractivity contribution >= 4 is 34.2 Å². The van der Waals surface area contributed by atoms with E-state index in [-0.39, 0.29) is 35.2 Å². The zero-order valence-electron chi connectivity index (χ0n) is 18.1. The number of aromatic nitrogens is 2. The standard InChI is InChI=1S/C24H28N4O2S/c1-14(19-9-10-20(31-19)23(30)28-12-6-11-24(28,2)3)25-22(29)16-13-15(16)21-26-17-7-4-5-8-18(17)27-21/h4-5,7-10,14-16H,6,11-13H2,1-3H3,(H,25,29)(H,26,27). The highest BCUT2D eigenvalue weighted by atomic mass is 32.1. The predicted octanol–water partition coefficient (Wildman–Crippen LogP) is 4.62. The van der Waals surface area contributed by atoms with Crippen molar-refractivity contribution in [2.75, 3.05) is 6.54 Å². The Morgan fingerprint density at radius 3 is 2.81 bits per heavy atom. The molecule has 1 saturated carbocycles. The molecular formula is C24H28N4O2S. The van der Waals surface area contributed by atoms with Crippen LogP contribution in [0.5, 0.6) is 0 Å². The van der Waals surface area contributed by atoms with Crippen LogP contribution in [0.4, 0.5) is 0 Å². The number of amides is 2. The van der Waals surface area contributed by atoms with Crippen molar-refractivity contribution in [3.05, 3.63) is 52.0 Å². The molecule has 3 heterocycles. The van der Waals surface area contributed by atoms with Gasteiger partial charge in [0.05, 0.1) is 22.0 Å². The van der Waals surface area contributed by atoms with Gasteiger partial charge in [-0.1, -0.05) is 12.1 Å². The van der Waals surface area contributed by atoms with E-state index in [9.17, 15) is 9.59 Å². The average molecular weight is 437 g/mol. The maximum Gasteiger partial charge on any atom is 0.264 e. The summed E-state index contributed by atoms with van der Waals surface area (Å²) >= 11 is 1.49. The van der Waals surface area contributed by atoms with Gasteiger partial charge in [-0.05, 0) is 64.3 Å². The molecule has 3 unspecified atom stereocenters. The van der Waals surface area contributed by atoms with Crippen LogP contribution in [0.25, 0.3) is 11.0 Å². The van der Waals surface area contributed by atoms with Crippen molar-refractivity contribution in [1.82, 2.24) is 20.2 Å². The number of hydrogen-bond acceptors (Lipinski definition) is 4. The van der Waals surface area contributed by atoms with Crippen LogP contribution in [0.1, 0.15) is 72.4 Å². The van der Waals surface area contributed by atoms with Crippen LogP contribution in [0, 0.1) is 5.92 Å². The molecule has 5 rings (SSSR count). The van der Waals surface area contributed by atoms with Crippen molar-refractivity contribution < 1.29 is 9.59 Å². The topological polar surface area (TPSA) is 78.1 Å². The number of carbonyl (C=O) groups is 2. The van der Waals surface area contributed by atoms with Crippen molar-refractivity contribution in [2.45, 2.75) is 57.5 Å². The Morgan fingerprint density at radius 2 is 2.06 bits per heavy atom. The second-order valence-electron chi connectivity index (χ2n) is 9.39. The second-order valence-corrected chi connectivity index (χ2v) is 10.5. The molecule has 2 aliphatic rings. The monoisotopic (exact) mass is 436 g/mol. The number of nitrogens with zero attached hydrogens (tertiary/aromatic N) is 2. The summed E-state index contributed by atoms with van der Waals surface area (Å²) in [5.74, 6) is 1.16. The first-order valence-electron chi connectivity index (χ1n) is 11.0. The van der Waals surface area contributed by atoms with Crippen molar-refractivity contribution in [3.63, 3.8) is 0 Å². The number of carbonyl (C=O) groups excluding carboxylic acids is 2. The highest BCUT2D eigenvalue weighted by Gasteiger charge is 2.46. The van der Waals surface area contributed by atoms with Gasteiger partial charge in [0.2, 0.25) is 5.91 Å². The van der Waals surface area contributed by atoms with Gasteiger partial charge >= 0.3 is 0 Å². The smallest absolute Gasteiger partial charge is 0.264 e. The van der Waals surface area contributed by atoms with E-state index in [1.807, 2.05) is 48.2 Å². The average Bonchev–Trinajstić information content (AvgIpc) is 3.06. The lowest BCUT2D eigenvalue weighted by Gasteiger charge is -2.31. The molecule has 6 nitrogen and oxygen atoms in total. The molecule has 3 aromatic rings. The summed E-state index contributed by atoms with van der Waals surface area (Å²) in [6, 6.07) is 11.7. The molecule has 1 aliphatic heterocycles. The van der Waals surface area contributed by atoms with Gasteiger partial charge in [-0.3, -0.25) is 9.59 Å². The fraction of sp³-hybridized carbons (Fsp3) is 0.458. The van der Waals surface area contributed by atoms with Gasteiger partial charge in [0.15, 0.2) is 0 Å². The number of fused-ring (bicyclic) bond motifs is 1. The minimum atomic E-state index is -0.123. The number of hydrogen-bond donors (Lipinski definition) is 2. The van der Waals surface area contributed by atoms with Crippen LogP contribution >= 0.6 is 11.3 Å². The third kappa shape index (κ3) is 3.76. The van der Waals surface area contributed by atoms with Gasteiger partial charge < -0.3 is 15.2 Å². The van der Waals surface area contributed by atoms with E-state index < -0.39 is 0 Å². The highest BCUT2D eigenvalue weighted by Crippen LogP contribution is 2.47. The second kappa shape index (κ2) is 7.48. The van der Waals surface area contributed by atoms with Gasteiger partial charge in [-0.15, -0.1) is 11.3 Å². The first-order chi connectivity index (χ1) is 14.8. The SMILES string of the molecule is CC(NC(=O)C1CC1c1nc2ccccc2[nH]1)c1ccc(C(=O)N2CCCC2(C)C)s1. The maximum atomic E-state index is 13.0. The number of aromatic amines is 1. The van der Waals surface area contributed by atoms with Crippen LogP contribution in [-0.2, 0) is 4.79 Å². The number of rotatable bonds is 5. The molecule has 0 bridgehead atoms. The molecule has 2 N–H and O–H groups in total. The van der Waals surface area contributed by atoms with Crippen LogP contribution in [0.2, 0.25) is 0 Å². The Bertz CT molecular complexity index is 1110. The minimum absolute atomic E-state index is 0.0468. The maximum absolute atomic E-state index is 13.0. The molecule has 31 heavy (non-hydrogen) atoms. The molecule has 2 fully saturated rings. The van der Waals surface area contributed by atoms with Gasteiger partial charge in [0, 0.05) is 28.8 Å². The normalized spacial score (nSPS) is 23.1. The van der Waals surface area contributed by atoms with E-state index in [2.05, 4.69) is 29.1 Å². The number of thiophene rings is 1. The van der Waals surface area contributed by atoms with Crippen LogP contribution in [-0.4, -0.2) is 38.8 Å². The molecule has 1 aromatic carbocycles. The van der Waals surface area contributed by atoms with Crippen LogP contribution in [0.3, 0.4) is 0 Å². The fourth-order valence-corrected chi connectivity index (χ4v) is 5.60. The molecule has 0 radical (unpaired) electrons. The summed E-state index contributed by atoms with van der Waals surface area (Å²) in [6.45, 7) is 7.05. The molecule has 1 aliphatic carbocycles. The van der Waals surface area contributed by atoms with Crippen LogP contribution in [0.15, 0.2) is 36.4 Å². The first kappa shape index (κ1) is 20.2. The third-order valence-corrected chi connectivity index (χ3v) is 7.91. The Morgan fingerprint density at radius 1 is 1.26 bits per heavy atom. The fourth-order valence-electron chi connectivity index (χ4n) is 4.64. The van der Waals surface area contributed by atoms with E-state index in [1.54, 1.807) is 0 Å². The Labute approximate surface area is 186 Å². The summed E-state index contributed by atoms with van der Waals surface area (Å²) in [4.78, 5) is 37.5. The summed E-state index contributed by atoms with van der Waals surface area (Å²) < 4.78 is 0. The molecular weight excluding hydrogens is 408 g/mol. The quantitative estimate of drug-likeness (QED) is 0.613. The van der Waals surface area contributed by atoms with Crippen molar-refractivity contribution in [1.29, 1.82) is 0 Å². The lowest BCUT2D eigenvalue weighted by atomic mass is 10.0. The number of benzene rings is 1. The summed E-state index contributed by atoms with van der Waals surface area (Å²) in [6.07, 6.45) is 2.91. The van der Waals surface area contributed by atoms with Gasteiger partial charge in [-0.2, -0.15) is 0 Å². The number of H-pyrrole nitrogens is 1. The lowest BCUT2D eigenvalue weighted by molar-refractivity contribution is -0.123. The Kier molecular flexibility index (Phi) is 4.88. The highest BCUT2D eigenvalue weighted by molar-refractivity contribution is 7.14. The van der Waals surface area contributed by atoms with E-state index in [0.29, 0.717) is 0 Å². The molecule has 162 valence electrons. The minimum Gasteiger partial charge on any atom is -0.349 e. The number of nitrogens with one attached hydrogen (secondary N) is 2. The van der Waals surface area contributed by atoms with Crippen LogP contribution < -0.4 is 5.32 Å². The van der Waals surface area contributed by atoms with Crippen molar-refractivity contribution in [2.24, 2.45) is 5.92 Å². The van der Waals surface area contributed by atoms with E-state index >= 15 is 0 Å². The van der Waals surface area contributed by atoms with Crippen molar-refractivity contribution in [3.8, 4) is 0 Å². The van der Waals surface area contributed by atoms with E-state index in [1.165, 1.54) is 11.3 Å². The van der Waals surface area contributed by atoms with E-state index in [4.69, 9.17) is 0 Å². The zero-order chi connectivity index (χ0) is 21.8. The molecule has 7 heteroatoms. The Balaban J connectivity index is 1.21. The number of imidazole rings is 1. The number of para-hydroxylation sites is 2. The zero-order valence-corrected chi connectivity index (χ0v) is 19.0. The molecule has 1 saturated heterocycles. The molecule has 2 aromatic heterocycles. The van der Waals surface area contributed by atoms with Gasteiger partial charge in [0.25, 0.3) is 5.91 Å². The van der Waals surface area contributed by atoms with Gasteiger partial charge in [-0.25, -0.2) is 4.98 Å². The molecule has 2 amide bonds. The van der Waals surface area contributed by atoms with Gasteiger partial charge in [0.1, 0.15) is 5.82 Å². The largest absolute Gasteiger partial charge is 0.349 e. The number of likely N-dealkylation sites (tertiary alicyclic amines) is 1. The Hall–Kier alpha value is -2.67. The molecule has 3 atom stereocenters. The third-order valence-electron chi connectivity index (χ3n) is 6.66. The van der Waals surface area contributed by atoms with E-state index in [0.717, 1.165) is 52.4 Å².